The summed E-state index contributed by atoms with van der Waals surface area (Å²) in [6.45, 7) is 4.74. The van der Waals surface area contributed by atoms with Crippen LogP contribution in [0.3, 0.4) is 0 Å². The smallest absolute Gasteiger partial charge is 0.248 e. The first-order valence-corrected chi connectivity index (χ1v) is 8.72. The number of nitrogens with one attached hydrogen (secondary N) is 1. The molecule has 140 valence electrons. The van der Waals surface area contributed by atoms with Crippen molar-refractivity contribution in [2.24, 2.45) is 0 Å². The lowest BCUT2D eigenvalue weighted by Crippen LogP contribution is -2.21. The number of hydrogen-bond acceptors (Lipinski definition) is 6. The van der Waals surface area contributed by atoms with Crippen LogP contribution in [0.25, 0.3) is 11.4 Å². The highest BCUT2D eigenvalue weighted by atomic mass is 16.5. The highest BCUT2D eigenvalue weighted by Gasteiger charge is 2.13. The molecule has 1 amide bonds. The molecular weight excluding hydrogens is 346 g/mol. The maximum Gasteiger partial charge on any atom is 0.248 e. The quantitative estimate of drug-likeness (QED) is 0.658. The maximum atomic E-state index is 12.4. The van der Waals surface area contributed by atoms with E-state index in [1.54, 1.807) is 18.2 Å². The fourth-order valence-electron chi connectivity index (χ4n) is 2.48. The Morgan fingerprint density at radius 2 is 1.85 bits per heavy atom. The molecule has 0 aliphatic carbocycles. The number of benzene rings is 2. The van der Waals surface area contributed by atoms with E-state index in [1.807, 2.05) is 44.2 Å². The normalized spacial score (nSPS) is 10.4. The van der Waals surface area contributed by atoms with Gasteiger partial charge in [0.25, 0.3) is 0 Å². The second kappa shape index (κ2) is 8.79. The Balaban J connectivity index is 1.70. The van der Waals surface area contributed by atoms with Gasteiger partial charge in [0.1, 0.15) is 18.0 Å². The zero-order valence-corrected chi connectivity index (χ0v) is 15.3. The van der Waals surface area contributed by atoms with Crippen LogP contribution in [0.15, 0.2) is 48.5 Å². The summed E-state index contributed by atoms with van der Waals surface area (Å²) in [6.07, 6.45) is 0. The molecule has 27 heavy (non-hydrogen) atoms. The van der Waals surface area contributed by atoms with E-state index in [4.69, 9.17) is 9.47 Å². The van der Waals surface area contributed by atoms with Gasteiger partial charge in [0.15, 0.2) is 0 Å². The molecule has 3 aromatic rings. The fraction of sp³-hybridized carbons (Fsp3) is 0.263. The van der Waals surface area contributed by atoms with Crippen molar-refractivity contribution in [1.29, 1.82) is 0 Å². The van der Waals surface area contributed by atoms with Crippen molar-refractivity contribution in [1.82, 2.24) is 20.2 Å². The molecule has 0 radical (unpaired) electrons. The number of carbonyl (C=O) groups is 1. The number of aromatic nitrogens is 4. The van der Waals surface area contributed by atoms with E-state index in [9.17, 15) is 4.79 Å². The minimum atomic E-state index is -0.290. The molecule has 0 aliphatic heterocycles. The number of amides is 1. The van der Waals surface area contributed by atoms with Gasteiger partial charge < -0.3 is 14.8 Å². The zero-order valence-electron chi connectivity index (χ0n) is 15.3. The second-order valence-electron chi connectivity index (χ2n) is 5.58. The van der Waals surface area contributed by atoms with Crippen molar-refractivity contribution >= 4 is 11.6 Å². The van der Waals surface area contributed by atoms with Crippen molar-refractivity contribution in [3.8, 4) is 22.9 Å². The van der Waals surface area contributed by atoms with Gasteiger partial charge in [-0.2, -0.15) is 4.80 Å². The monoisotopic (exact) mass is 367 g/mol. The van der Waals surface area contributed by atoms with E-state index in [0.717, 1.165) is 5.56 Å². The van der Waals surface area contributed by atoms with Crippen LogP contribution in [0, 0.1) is 0 Å². The van der Waals surface area contributed by atoms with Crippen molar-refractivity contribution in [2.45, 2.75) is 20.4 Å². The lowest BCUT2D eigenvalue weighted by Gasteiger charge is -2.13. The number of carbonyl (C=O) groups excluding carboxylic acids is 1. The summed E-state index contributed by atoms with van der Waals surface area (Å²) in [5, 5.41) is 15.0. The van der Waals surface area contributed by atoms with Crippen LogP contribution in [0.4, 0.5) is 5.69 Å². The lowest BCUT2D eigenvalue weighted by molar-refractivity contribution is -0.117. The number of nitrogens with zero attached hydrogens (tertiary/aromatic N) is 4. The summed E-state index contributed by atoms with van der Waals surface area (Å²) in [6, 6.07) is 14.8. The molecule has 1 N–H and O–H groups in total. The highest BCUT2D eigenvalue weighted by Crippen LogP contribution is 2.29. The molecule has 0 atom stereocenters. The summed E-state index contributed by atoms with van der Waals surface area (Å²) in [4.78, 5) is 13.7. The highest BCUT2D eigenvalue weighted by molar-refractivity contribution is 5.92. The predicted octanol–water partition coefficient (Wildman–Crippen LogP) is 2.78. The summed E-state index contributed by atoms with van der Waals surface area (Å²) in [5.74, 6) is 1.41. The van der Waals surface area contributed by atoms with E-state index in [0.29, 0.717) is 36.2 Å². The third-order valence-corrected chi connectivity index (χ3v) is 3.61. The Kier molecular flexibility index (Phi) is 5.98. The van der Waals surface area contributed by atoms with Crippen molar-refractivity contribution in [2.75, 3.05) is 18.5 Å². The van der Waals surface area contributed by atoms with E-state index in [2.05, 4.69) is 20.7 Å². The Morgan fingerprint density at radius 1 is 1.07 bits per heavy atom. The van der Waals surface area contributed by atoms with E-state index < -0.39 is 0 Å². The summed E-state index contributed by atoms with van der Waals surface area (Å²) in [7, 11) is 0. The number of tetrazole rings is 1. The Morgan fingerprint density at radius 3 is 2.59 bits per heavy atom. The maximum absolute atomic E-state index is 12.4. The molecule has 0 fully saturated rings. The molecule has 0 saturated heterocycles. The summed E-state index contributed by atoms with van der Waals surface area (Å²) in [5.41, 5.74) is 1.38. The van der Waals surface area contributed by atoms with Crippen LogP contribution in [0.2, 0.25) is 0 Å². The van der Waals surface area contributed by atoms with E-state index in [-0.39, 0.29) is 12.5 Å². The third-order valence-electron chi connectivity index (χ3n) is 3.61. The first kappa shape index (κ1) is 18.4. The van der Waals surface area contributed by atoms with Gasteiger partial charge >= 0.3 is 0 Å². The van der Waals surface area contributed by atoms with Gasteiger partial charge in [0, 0.05) is 11.6 Å². The van der Waals surface area contributed by atoms with E-state index in [1.165, 1.54) is 4.80 Å². The average molecular weight is 367 g/mol. The van der Waals surface area contributed by atoms with Gasteiger partial charge in [-0.25, -0.2) is 0 Å². The minimum absolute atomic E-state index is 0.0652. The van der Waals surface area contributed by atoms with E-state index >= 15 is 0 Å². The SMILES string of the molecule is CCOc1ccc(OCC)c(NC(=O)Cn2nnc(-c3ccccc3)n2)c1. The standard InChI is InChI=1S/C19H21N5O3/c1-3-26-15-10-11-17(27-4-2)16(12-15)20-18(25)13-24-22-19(21-23-24)14-8-6-5-7-9-14/h5-12H,3-4,13H2,1-2H3,(H,20,25). The Hall–Kier alpha value is -3.42. The van der Waals surface area contributed by atoms with Gasteiger partial charge in [-0.15, -0.1) is 10.2 Å². The molecule has 0 saturated carbocycles. The van der Waals surface area contributed by atoms with Gasteiger partial charge in [0.05, 0.1) is 18.9 Å². The van der Waals surface area contributed by atoms with Gasteiger partial charge in [-0.05, 0) is 31.2 Å². The molecule has 8 heteroatoms. The molecule has 0 bridgehead atoms. The summed E-state index contributed by atoms with van der Waals surface area (Å²) < 4.78 is 11.0. The van der Waals surface area contributed by atoms with Gasteiger partial charge in [-0.1, -0.05) is 30.3 Å². The molecule has 1 aromatic heterocycles. The molecule has 3 rings (SSSR count). The lowest BCUT2D eigenvalue weighted by atomic mass is 10.2. The van der Waals surface area contributed by atoms with Crippen molar-refractivity contribution < 1.29 is 14.3 Å². The fourth-order valence-corrected chi connectivity index (χ4v) is 2.48. The molecule has 0 unspecified atom stereocenters. The molecule has 0 aliphatic rings. The first-order chi connectivity index (χ1) is 13.2. The van der Waals surface area contributed by atoms with Crippen LogP contribution in [-0.4, -0.2) is 39.3 Å². The molecule has 1 heterocycles. The molecule has 2 aromatic carbocycles. The van der Waals surface area contributed by atoms with Gasteiger partial charge in [0.2, 0.25) is 11.7 Å². The second-order valence-corrected chi connectivity index (χ2v) is 5.58. The first-order valence-electron chi connectivity index (χ1n) is 8.72. The van der Waals surface area contributed by atoms with Gasteiger partial charge in [-0.3, -0.25) is 4.79 Å². The topological polar surface area (TPSA) is 91.2 Å². The Bertz CT molecular complexity index is 895. The van der Waals surface area contributed by atoms with Crippen LogP contribution < -0.4 is 14.8 Å². The largest absolute Gasteiger partial charge is 0.494 e. The van der Waals surface area contributed by atoms with Crippen molar-refractivity contribution in [3.05, 3.63) is 48.5 Å². The van der Waals surface area contributed by atoms with Crippen LogP contribution >= 0.6 is 0 Å². The third kappa shape index (κ3) is 4.81. The van der Waals surface area contributed by atoms with Crippen LogP contribution in [-0.2, 0) is 11.3 Å². The van der Waals surface area contributed by atoms with Crippen LogP contribution in [0.1, 0.15) is 13.8 Å². The molecule has 0 spiro atoms. The number of hydrogen-bond donors (Lipinski definition) is 1. The van der Waals surface area contributed by atoms with Crippen LogP contribution in [0.5, 0.6) is 11.5 Å². The Labute approximate surface area is 157 Å². The number of anilines is 1. The summed E-state index contributed by atoms with van der Waals surface area (Å²) >= 11 is 0. The number of ether oxygens (including phenoxy) is 2. The number of rotatable bonds is 8. The average Bonchev–Trinajstić information content (AvgIpc) is 3.13. The molecular formula is C19H21N5O3. The molecule has 8 nitrogen and oxygen atoms in total. The predicted molar refractivity (Wildman–Crippen MR) is 101 cm³/mol. The minimum Gasteiger partial charge on any atom is -0.494 e. The zero-order chi connectivity index (χ0) is 19.1. The van der Waals surface area contributed by atoms with Crippen molar-refractivity contribution in [3.63, 3.8) is 0 Å².